The fourth-order valence-corrected chi connectivity index (χ4v) is 2.47. The van der Waals surface area contributed by atoms with E-state index < -0.39 is 0 Å². The third-order valence-electron chi connectivity index (χ3n) is 3.28. The van der Waals surface area contributed by atoms with Gasteiger partial charge in [-0.15, -0.1) is 0 Å². The van der Waals surface area contributed by atoms with Crippen LogP contribution in [0, 0.1) is 0 Å². The molecule has 3 aromatic rings. The number of benzene rings is 2. The van der Waals surface area contributed by atoms with Gasteiger partial charge in [0.25, 0.3) is 0 Å². The van der Waals surface area contributed by atoms with Crippen LogP contribution in [-0.4, -0.2) is 15.9 Å². The Kier molecular flexibility index (Phi) is 3.32. The molecule has 0 aliphatic rings. The van der Waals surface area contributed by atoms with E-state index in [-0.39, 0.29) is 5.88 Å². The van der Waals surface area contributed by atoms with Gasteiger partial charge in [0, 0.05) is 23.1 Å². The van der Waals surface area contributed by atoms with Crippen LogP contribution in [0.15, 0.2) is 58.0 Å². The first-order valence-corrected chi connectivity index (χ1v) is 7.02. The minimum atomic E-state index is 0.229. The Labute approximate surface area is 125 Å². The zero-order valence-electron chi connectivity index (χ0n) is 10.9. The summed E-state index contributed by atoms with van der Waals surface area (Å²) in [5.41, 5.74) is 2.58. The van der Waals surface area contributed by atoms with Crippen molar-refractivity contribution >= 4 is 38.7 Å². The average Bonchev–Trinajstić information content (AvgIpc) is 2.71. The van der Waals surface area contributed by atoms with E-state index in [2.05, 4.69) is 20.9 Å². The summed E-state index contributed by atoms with van der Waals surface area (Å²) in [6.45, 7) is 0. The summed E-state index contributed by atoms with van der Waals surface area (Å²) in [6.07, 6.45) is 1.71. The van der Waals surface area contributed by atoms with Crippen molar-refractivity contribution in [1.82, 2.24) is 4.57 Å². The van der Waals surface area contributed by atoms with Crippen LogP contribution in [0.3, 0.4) is 0 Å². The lowest BCUT2D eigenvalue weighted by atomic mass is 10.2. The van der Waals surface area contributed by atoms with E-state index in [1.54, 1.807) is 10.8 Å². The molecule has 0 amide bonds. The first-order valence-electron chi connectivity index (χ1n) is 6.23. The van der Waals surface area contributed by atoms with Gasteiger partial charge in [0.2, 0.25) is 5.88 Å². The van der Waals surface area contributed by atoms with E-state index in [1.165, 1.54) is 0 Å². The van der Waals surface area contributed by atoms with E-state index in [0.717, 1.165) is 26.6 Å². The van der Waals surface area contributed by atoms with Crippen molar-refractivity contribution in [1.29, 1.82) is 0 Å². The number of nitrogens with zero attached hydrogens (tertiary/aromatic N) is 2. The second-order valence-electron chi connectivity index (χ2n) is 4.55. The maximum Gasteiger partial charge on any atom is 0.200 e. The largest absolute Gasteiger partial charge is 0.494 e. The van der Waals surface area contributed by atoms with Crippen molar-refractivity contribution in [3.8, 4) is 5.88 Å². The first kappa shape index (κ1) is 12.9. The Morgan fingerprint density at radius 1 is 1.10 bits per heavy atom. The van der Waals surface area contributed by atoms with Crippen molar-refractivity contribution in [2.45, 2.75) is 0 Å². The molecule has 1 heterocycles. The molecular formula is C16H13BrN2O. The number of para-hydroxylation sites is 1. The van der Waals surface area contributed by atoms with Gasteiger partial charge in [-0.05, 0) is 30.3 Å². The quantitative estimate of drug-likeness (QED) is 0.696. The van der Waals surface area contributed by atoms with Crippen molar-refractivity contribution in [2.75, 3.05) is 0 Å². The number of aromatic hydroxyl groups is 1. The van der Waals surface area contributed by atoms with Crippen LogP contribution in [-0.2, 0) is 7.05 Å². The summed E-state index contributed by atoms with van der Waals surface area (Å²) in [4.78, 5) is 4.42. The molecule has 0 aliphatic heterocycles. The molecule has 0 fully saturated rings. The Morgan fingerprint density at radius 2 is 1.80 bits per heavy atom. The van der Waals surface area contributed by atoms with E-state index in [9.17, 15) is 5.11 Å². The van der Waals surface area contributed by atoms with Crippen LogP contribution >= 0.6 is 15.9 Å². The van der Waals surface area contributed by atoms with Crippen LogP contribution in [0.4, 0.5) is 5.69 Å². The zero-order chi connectivity index (χ0) is 14.1. The molecule has 3 rings (SSSR count). The van der Waals surface area contributed by atoms with Crippen LogP contribution in [0.5, 0.6) is 5.88 Å². The lowest BCUT2D eigenvalue weighted by molar-refractivity contribution is 0.434. The van der Waals surface area contributed by atoms with Crippen molar-refractivity contribution in [3.63, 3.8) is 0 Å². The molecule has 0 atom stereocenters. The van der Waals surface area contributed by atoms with Crippen LogP contribution in [0.25, 0.3) is 10.9 Å². The Balaban J connectivity index is 2.06. The third kappa shape index (κ3) is 2.23. The number of halogens is 1. The molecule has 0 saturated heterocycles. The monoisotopic (exact) mass is 328 g/mol. The highest BCUT2D eigenvalue weighted by Crippen LogP contribution is 2.29. The maximum atomic E-state index is 10.2. The third-order valence-corrected chi connectivity index (χ3v) is 3.81. The minimum absolute atomic E-state index is 0.229. The Hall–Kier alpha value is -2.07. The fourth-order valence-electron chi connectivity index (χ4n) is 2.20. The maximum absolute atomic E-state index is 10.2. The van der Waals surface area contributed by atoms with Crippen LogP contribution in [0.1, 0.15) is 5.56 Å². The van der Waals surface area contributed by atoms with E-state index in [0.29, 0.717) is 0 Å². The number of aryl methyl sites for hydroxylation is 1. The van der Waals surface area contributed by atoms with Gasteiger partial charge < -0.3 is 9.67 Å². The molecule has 0 saturated carbocycles. The van der Waals surface area contributed by atoms with Crippen molar-refractivity contribution < 1.29 is 5.11 Å². The average molecular weight is 329 g/mol. The van der Waals surface area contributed by atoms with Crippen LogP contribution < -0.4 is 0 Å². The van der Waals surface area contributed by atoms with Gasteiger partial charge in [0.05, 0.1) is 16.8 Å². The highest BCUT2D eigenvalue weighted by molar-refractivity contribution is 9.10. The SMILES string of the molecule is Cn1c(O)c(C=Nc2ccc(Br)cc2)c2ccccc21. The fraction of sp³-hybridized carbons (Fsp3) is 0.0625. The number of aromatic nitrogens is 1. The topological polar surface area (TPSA) is 37.5 Å². The molecule has 2 aromatic carbocycles. The van der Waals surface area contributed by atoms with Gasteiger partial charge in [-0.2, -0.15) is 0 Å². The highest BCUT2D eigenvalue weighted by atomic mass is 79.9. The molecule has 0 radical (unpaired) electrons. The Bertz CT molecular complexity index is 788. The lowest BCUT2D eigenvalue weighted by Crippen LogP contribution is -1.85. The predicted molar refractivity (Wildman–Crippen MR) is 86.0 cm³/mol. The van der Waals surface area contributed by atoms with Gasteiger partial charge in [0.15, 0.2) is 0 Å². The number of hydrogen-bond donors (Lipinski definition) is 1. The predicted octanol–water partition coefficient (Wildman–Crippen LogP) is 4.40. The number of rotatable bonds is 2. The number of aliphatic imine (C=N–C) groups is 1. The van der Waals surface area contributed by atoms with E-state index in [1.807, 2.05) is 55.6 Å². The first-order chi connectivity index (χ1) is 9.66. The van der Waals surface area contributed by atoms with Gasteiger partial charge in [-0.3, -0.25) is 4.99 Å². The molecule has 4 heteroatoms. The van der Waals surface area contributed by atoms with Gasteiger partial charge >= 0.3 is 0 Å². The molecule has 0 aliphatic carbocycles. The van der Waals surface area contributed by atoms with Gasteiger partial charge in [-0.25, -0.2) is 0 Å². The summed E-state index contributed by atoms with van der Waals surface area (Å²) >= 11 is 3.39. The molecule has 20 heavy (non-hydrogen) atoms. The van der Waals surface area contributed by atoms with Gasteiger partial charge in [0.1, 0.15) is 0 Å². The highest BCUT2D eigenvalue weighted by Gasteiger charge is 2.11. The molecule has 1 aromatic heterocycles. The summed E-state index contributed by atoms with van der Waals surface area (Å²) in [5, 5.41) is 11.2. The van der Waals surface area contributed by atoms with Gasteiger partial charge in [-0.1, -0.05) is 34.1 Å². The molecule has 0 bridgehead atoms. The van der Waals surface area contributed by atoms with E-state index in [4.69, 9.17) is 0 Å². The lowest BCUT2D eigenvalue weighted by Gasteiger charge is -1.96. The molecule has 100 valence electrons. The second kappa shape index (κ2) is 5.13. The molecule has 0 spiro atoms. The summed E-state index contributed by atoms with van der Waals surface area (Å²) in [6, 6.07) is 15.6. The summed E-state index contributed by atoms with van der Waals surface area (Å²) in [5.74, 6) is 0.229. The molecular weight excluding hydrogens is 316 g/mol. The second-order valence-corrected chi connectivity index (χ2v) is 5.46. The smallest absolute Gasteiger partial charge is 0.200 e. The standard InChI is InChI=1S/C16H13BrN2O/c1-19-15-5-3-2-4-13(15)14(16(19)20)10-18-12-8-6-11(17)7-9-12/h2-10,20H,1H3. The zero-order valence-corrected chi connectivity index (χ0v) is 12.5. The number of fused-ring (bicyclic) bond motifs is 1. The summed E-state index contributed by atoms with van der Waals surface area (Å²) < 4.78 is 2.78. The van der Waals surface area contributed by atoms with E-state index >= 15 is 0 Å². The Morgan fingerprint density at radius 3 is 2.55 bits per heavy atom. The normalized spacial score (nSPS) is 11.5. The van der Waals surface area contributed by atoms with Crippen molar-refractivity contribution in [2.24, 2.45) is 12.0 Å². The molecule has 1 N–H and O–H groups in total. The minimum Gasteiger partial charge on any atom is -0.494 e. The van der Waals surface area contributed by atoms with Crippen LogP contribution in [0.2, 0.25) is 0 Å². The number of hydrogen-bond acceptors (Lipinski definition) is 2. The molecule has 3 nitrogen and oxygen atoms in total. The molecule has 0 unspecified atom stereocenters. The summed E-state index contributed by atoms with van der Waals surface area (Å²) in [7, 11) is 1.84. The van der Waals surface area contributed by atoms with Crippen molar-refractivity contribution in [3.05, 3.63) is 58.6 Å².